The quantitative estimate of drug-likeness (QED) is 0.459. The van der Waals surface area contributed by atoms with Crippen molar-refractivity contribution in [2.75, 3.05) is 40.0 Å². The minimum Gasteiger partial charge on any atom is -0.491 e. The van der Waals surface area contributed by atoms with E-state index in [-0.39, 0.29) is 24.4 Å². The molecule has 34 heavy (non-hydrogen) atoms. The Kier molecular flexibility index (Phi) is 7.98. The minimum absolute atomic E-state index is 0.00215. The van der Waals surface area contributed by atoms with E-state index in [1.54, 1.807) is 29.4 Å². The average molecular weight is 479 g/mol. The van der Waals surface area contributed by atoms with Gasteiger partial charge in [-0.25, -0.2) is 0 Å². The highest BCUT2D eigenvalue weighted by Crippen LogP contribution is 2.34. The van der Waals surface area contributed by atoms with Crippen LogP contribution in [0.4, 0.5) is 0 Å². The van der Waals surface area contributed by atoms with E-state index in [2.05, 4.69) is 11.4 Å². The number of hydrogen-bond donors (Lipinski definition) is 0. The van der Waals surface area contributed by atoms with Crippen molar-refractivity contribution in [2.45, 2.75) is 19.4 Å². The summed E-state index contributed by atoms with van der Waals surface area (Å²) in [5.41, 5.74) is 2.63. The molecule has 6 nitrogen and oxygen atoms in total. The number of nitrogens with zero attached hydrogens (tertiary/aromatic N) is 2. The number of methoxy groups -OCH3 is 1. The predicted molar refractivity (Wildman–Crippen MR) is 133 cm³/mol. The van der Waals surface area contributed by atoms with E-state index in [1.165, 1.54) is 4.88 Å². The molecule has 0 N–H and O–H groups in total. The molecular weight excluding hydrogens is 448 g/mol. The maximum atomic E-state index is 13.6. The lowest BCUT2D eigenvalue weighted by atomic mass is 10.00. The van der Waals surface area contributed by atoms with Gasteiger partial charge in [-0.15, -0.1) is 11.3 Å². The van der Waals surface area contributed by atoms with Crippen LogP contribution in [0.15, 0.2) is 66.0 Å². The van der Waals surface area contributed by atoms with Crippen LogP contribution in [0.2, 0.25) is 0 Å². The summed E-state index contributed by atoms with van der Waals surface area (Å²) < 4.78 is 11.3. The van der Waals surface area contributed by atoms with E-state index in [0.717, 1.165) is 23.3 Å². The van der Waals surface area contributed by atoms with Crippen molar-refractivity contribution >= 4 is 23.2 Å². The Hall–Kier alpha value is -3.16. The number of benzene rings is 2. The highest BCUT2D eigenvalue weighted by atomic mass is 32.1. The zero-order chi connectivity index (χ0) is 23.9. The molecule has 3 aromatic rings. The molecule has 1 aromatic heterocycles. The topological polar surface area (TPSA) is 59.1 Å². The molecule has 0 saturated heterocycles. The van der Waals surface area contributed by atoms with Crippen LogP contribution in [0.1, 0.15) is 32.4 Å². The van der Waals surface area contributed by atoms with Gasteiger partial charge in [-0.2, -0.15) is 0 Å². The smallest absolute Gasteiger partial charge is 0.254 e. The average Bonchev–Trinajstić information content (AvgIpc) is 3.34. The fourth-order valence-electron chi connectivity index (χ4n) is 4.26. The molecule has 1 aliphatic rings. The van der Waals surface area contributed by atoms with Gasteiger partial charge in [-0.3, -0.25) is 9.59 Å². The third kappa shape index (κ3) is 5.48. The van der Waals surface area contributed by atoms with Gasteiger partial charge in [-0.05, 0) is 54.1 Å². The molecule has 178 valence electrons. The molecule has 0 radical (unpaired) electrons. The highest BCUT2D eigenvalue weighted by molar-refractivity contribution is 7.10. The molecule has 2 heterocycles. The summed E-state index contributed by atoms with van der Waals surface area (Å²) in [6.45, 7) is 3.58. The zero-order valence-corrected chi connectivity index (χ0v) is 20.4. The molecule has 0 fully saturated rings. The van der Waals surface area contributed by atoms with Gasteiger partial charge in [0.25, 0.3) is 5.91 Å². The third-order valence-electron chi connectivity index (χ3n) is 6.12. The zero-order valence-electron chi connectivity index (χ0n) is 19.6. The van der Waals surface area contributed by atoms with Gasteiger partial charge in [-0.1, -0.05) is 36.4 Å². The molecule has 7 heteroatoms. The summed E-state index contributed by atoms with van der Waals surface area (Å²) in [5.74, 6) is 0.527. The lowest BCUT2D eigenvalue weighted by molar-refractivity contribution is -0.135. The minimum atomic E-state index is -0.194. The van der Waals surface area contributed by atoms with Gasteiger partial charge in [0.05, 0.1) is 12.6 Å². The molecule has 1 aliphatic heterocycles. The van der Waals surface area contributed by atoms with E-state index in [4.69, 9.17) is 9.47 Å². The Morgan fingerprint density at radius 3 is 2.62 bits per heavy atom. The SMILES string of the molecule is COCCN(CC(=O)N1CCc2sccc2[C@H]1COc1ccccc1)C(=O)c1ccccc1C. The Morgan fingerprint density at radius 2 is 1.85 bits per heavy atom. The molecule has 0 saturated carbocycles. The van der Waals surface area contributed by atoms with Crippen LogP contribution in [0.3, 0.4) is 0 Å². The molecular formula is C27H30N2O4S. The first kappa shape index (κ1) is 24.0. The van der Waals surface area contributed by atoms with Crippen molar-refractivity contribution in [2.24, 2.45) is 0 Å². The van der Waals surface area contributed by atoms with Crippen molar-refractivity contribution in [3.63, 3.8) is 0 Å². The first-order valence-electron chi connectivity index (χ1n) is 11.5. The lowest BCUT2D eigenvalue weighted by Crippen LogP contribution is -2.48. The van der Waals surface area contributed by atoms with Crippen LogP contribution in [0, 0.1) is 6.92 Å². The molecule has 0 aliphatic carbocycles. The van der Waals surface area contributed by atoms with Crippen LogP contribution in [-0.4, -0.2) is 61.6 Å². The van der Waals surface area contributed by atoms with Crippen molar-refractivity contribution in [3.05, 3.63) is 87.6 Å². The van der Waals surface area contributed by atoms with Crippen molar-refractivity contribution in [1.82, 2.24) is 9.80 Å². The van der Waals surface area contributed by atoms with Crippen LogP contribution in [0.5, 0.6) is 5.75 Å². The van der Waals surface area contributed by atoms with Gasteiger partial charge in [0.1, 0.15) is 18.9 Å². The number of aryl methyl sites for hydroxylation is 1. The number of fused-ring (bicyclic) bond motifs is 1. The maximum absolute atomic E-state index is 13.6. The van der Waals surface area contributed by atoms with Gasteiger partial charge in [0.15, 0.2) is 0 Å². The molecule has 0 spiro atoms. The van der Waals surface area contributed by atoms with Crippen LogP contribution in [-0.2, 0) is 16.0 Å². The standard InChI is InChI=1S/C27H30N2O4S/c1-20-8-6-7-11-22(20)27(31)28(15-16-32-2)18-26(30)29-14-12-25-23(13-17-34-25)24(29)19-33-21-9-4-3-5-10-21/h3-11,13,17,24H,12,14-16,18-19H2,1-2H3/t24-/m1/s1. The molecule has 1 atom stereocenters. The summed E-state index contributed by atoms with van der Waals surface area (Å²) in [5, 5.41) is 2.07. The maximum Gasteiger partial charge on any atom is 0.254 e. The van der Waals surface area contributed by atoms with Gasteiger partial charge in [0.2, 0.25) is 5.91 Å². The summed E-state index contributed by atoms with van der Waals surface area (Å²) in [6, 6.07) is 19.0. The number of amides is 2. The lowest BCUT2D eigenvalue weighted by Gasteiger charge is -2.37. The monoisotopic (exact) mass is 478 g/mol. The van der Waals surface area contributed by atoms with Crippen molar-refractivity contribution < 1.29 is 19.1 Å². The van der Waals surface area contributed by atoms with E-state index in [0.29, 0.717) is 31.9 Å². The number of thiophene rings is 1. The Labute approximate surface area is 204 Å². The number of ether oxygens (including phenoxy) is 2. The van der Waals surface area contributed by atoms with Crippen LogP contribution < -0.4 is 4.74 Å². The largest absolute Gasteiger partial charge is 0.491 e. The van der Waals surface area contributed by atoms with Crippen LogP contribution in [0.25, 0.3) is 0 Å². The molecule has 0 bridgehead atoms. The normalized spacial score (nSPS) is 15.0. The molecule has 2 aromatic carbocycles. The van der Waals surface area contributed by atoms with E-state index >= 15 is 0 Å². The van der Waals surface area contributed by atoms with E-state index < -0.39 is 0 Å². The second kappa shape index (κ2) is 11.3. The summed E-state index contributed by atoms with van der Waals surface area (Å²) in [4.78, 5) is 31.6. The summed E-state index contributed by atoms with van der Waals surface area (Å²) in [7, 11) is 1.60. The fraction of sp³-hybridized carbons (Fsp3) is 0.333. The van der Waals surface area contributed by atoms with Gasteiger partial charge < -0.3 is 19.3 Å². The van der Waals surface area contributed by atoms with Crippen molar-refractivity contribution in [3.8, 4) is 5.75 Å². The molecule has 2 amide bonds. The van der Waals surface area contributed by atoms with E-state index in [9.17, 15) is 9.59 Å². The van der Waals surface area contributed by atoms with Gasteiger partial charge >= 0.3 is 0 Å². The van der Waals surface area contributed by atoms with Crippen molar-refractivity contribution in [1.29, 1.82) is 0 Å². The first-order chi connectivity index (χ1) is 16.6. The second-order valence-electron chi connectivity index (χ2n) is 8.31. The molecule has 0 unspecified atom stereocenters. The second-order valence-corrected chi connectivity index (χ2v) is 9.31. The Bertz CT molecular complexity index is 1110. The number of carbonyl (C=O) groups is 2. The Balaban J connectivity index is 1.53. The summed E-state index contributed by atoms with van der Waals surface area (Å²) in [6.07, 6.45) is 0.810. The Morgan fingerprint density at radius 1 is 1.09 bits per heavy atom. The number of hydrogen-bond acceptors (Lipinski definition) is 5. The predicted octanol–water partition coefficient (Wildman–Crippen LogP) is 4.35. The highest BCUT2D eigenvalue weighted by Gasteiger charge is 2.33. The number of carbonyl (C=O) groups excluding carboxylic acids is 2. The third-order valence-corrected chi connectivity index (χ3v) is 7.12. The molecule has 4 rings (SSSR count). The van der Waals surface area contributed by atoms with E-state index in [1.807, 2.05) is 60.4 Å². The summed E-state index contributed by atoms with van der Waals surface area (Å²) >= 11 is 1.72. The first-order valence-corrected chi connectivity index (χ1v) is 12.3. The number of para-hydroxylation sites is 1. The van der Waals surface area contributed by atoms with Gasteiger partial charge in [0, 0.05) is 30.6 Å². The van der Waals surface area contributed by atoms with Crippen LogP contribution >= 0.6 is 11.3 Å². The number of rotatable bonds is 9. The fourth-order valence-corrected chi connectivity index (χ4v) is 5.19.